The molecule has 0 amide bonds. The third kappa shape index (κ3) is 9.89. The van der Waals surface area contributed by atoms with Gasteiger partial charge in [0, 0.05) is 5.92 Å². The monoisotopic (exact) mass is 758 g/mol. The maximum atomic E-state index is 11.1. The van der Waals surface area contributed by atoms with Crippen molar-refractivity contribution in [2.45, 2.75) is 87.2 Å². The Morgan fingerprint density at radius 2 is 1.06 bits per heavy atom. The molecule has 2 saturated carbocycles. The highest BCUT2D eigenvalue weighted by Gasteiger charge is 2.59. The molecule has 0 unspecified atom stereocenters. The first-order valence-electron chi connectivity index (χ1n) is 18.3. The molecule has 7 N–H and O–H groups in total. The average molecular weight is 759 g/mol. The second kappa shape index (κ2) is 19.2. The molecular weight excluding hydrogens is 709 g/mol. The fourth-order valence-electron chi connectivity index (χ4n) is 7.33. The van der Waals surface area contributed by atoms with Gasteiger partial charge in [-0.3, -0.25) is 0 Å². The van der Waals surface area contributed by atoms with Gasteiger partial charge in [0.1, 0.15) is 36.1 Å². The molecule has 10 atom stereocenters. The summed E-state index contributed by atoms with van der Waals surface area (Å²) in [5.74, 6) is -0.217. The zero-order valence-corrected chi connectivity index (χ0v) is 30.8. The Labute approximate surface area is 321 Å². The molecule has 2 aliphatic carbocycles. The summed E-state index contributed by atoms with van der Waals surface area (Å²) in [6.45, 7) is 0.675. The lowest BCUT2D eigenvalue weighted by Crippen LogP contribution is -2.65. The van der Waals surface area contributed by atoms with E-state index in [4.69, 9.17) is 31.2 Å². The Balaban J connectivity index is 1.31. The van der Waals surface area contributed by atoms with Gasteiger partial charge in [0.05, 0.1) is 57.8 Å². The van der Waals surface area contributed by atoms with Crippen LogP contribution in [0.3, 0.4) is 0 Å². The Kier molecular flexibility index (Phi) is 14.2. The first kappa shape index (κ1) is 39.9. The van der Waals surface area contributed by atoms with Crippen molar-refractivity contribution in [2.24, 2.45) is 5.92 Å². The Hall–Kier alpha value is -3.79. The summed E-state index contributed by atoms with van der Waals surface area (Å²) < 4.78 is 26.7. The minimum absolute atomic E-state index is 0.0138. The lowest BCUT2D eigenvalue weighted by atomic mass is 9.79. The standard InChI is InChI=1S/C42H50N2O9S/c45-27-42(49)39(34(46)35(47)40(42)48)44-41(54)43-33-21-32(26-50-22-28-13-5-1-6-14-28)36(51-23-29-15-7-2-8-16-29)38(53-25-31-19-11-4-12-20-31)37(33)52-24-30-17-9-3-10-18-30/h1-20,32-40,45-49H,21-27H2,(H2,43,44,54)/t32-,33+,34-,35-,36-,37+,38+,39-,40+,42+/m1/s1. The number of benzene rings is 4. The van der Waals surface area contributed by atoms with Crippen molar-refractivity contribution in [1.82, 2.24) is 10.6 Å². The van der Waals surface area contributed by atoms with Crippen LogP contribution >= 0.6 is 12.2 Å². The van der Waals surface area contributed by atoms with Crippen molar-refractivity contribution in [1.29, 1.82) is 0 Å². The highest BCUT2D eigenvalue weighted by molar-refractivity contribution is 7.80. The van der Waals surface area contributed by atoms with Gasteiger partial charge < -0.3 is 55.1 Å². The maximum Gasteiger partial charge on any atom is 0.167 e. The summed E-state index contributed by atoms with van der Waals surface area (Å²) in [4.78, 5) is 0. The lowest BCUT2D eigenvalue weighted by Gasteiger charge is -2.47. The predicted octanol–water partition coefficient (Wildman–Crippen LogP) is 3.00. The van der Waals surface area contributed by atoms with Crippen LogP contribution in [-0.4, -0.2) is 98.2 Å². The van der Waals surface area contributed by atoms with Crippen molar-refractivity contribution in [3.63, 3.8) is 0 Å². The number of hydrogen-bond acceptors (Lipinski definition) is 10. The van der Waals surface area contributed by atoms with E-state index in [0.717, 1.165) is 22.3 Å². The molecule has 0 aliphatic heterocycles. The van der Waals surface area contributed by atoms with E-state index in [-0.39, 0.29) is 24.2 Å². The van der Waals surface area contributed by atoms with Crippen molar-refractivity contribution >= 4 is 17.3 Å². The van der Waals surface area contributed by atoms with Gasteiger partial charge in [0.2, 0.25) is 0 Å². The molecule has 0 saturated heterocycles. The highest BCUT2D eigenvalue weighted by Crippen LogP contribution is 2.35. The third-order valence-electron chi connectivity index (χ3n) is 10.3. The predicted molar refractivity (Wildman–Crippen MR) is 206 cm³/mol. The van der Waals surface area contributed by atoms with Crippen LogP contribution in [-0.2, 0) is 45.4 Å². The minimum Gasteiger partial charge on any atom is -0.393 e. The number of aliphatic hydroxyl groups excluding tert-OH is 4. The summed E-state index contributed by atoms with van der Waals surface area (Å²) in [5.41, 5.74) is 1.71. The maximum absolute atomic E-state index is 11.1. The van der Waals surface area contributed by atoms with Crippen molar-refractivity contribution in [3.8, 4) is 0 Å². The molecule has 11 nitrogen and oxygen atoms in total. The van der Waals surface area contributed by atoms with Crippen LogP contribution in [0.5, 0.6) is 0 Å². The van der Waals surface area contributed by atoms with E-state index in [0.29, 0.717) is 26.2 Å². The molecule has 0 heterocycles. The van der Waals surface area contributed by atoms with Crippen molar-refractivity contribution in [2.75, 3.05) is 13.2 Å². The molecule has 0 radical (unpaired) electrons. The molecule has 2 aliphatic rings. The minimum atomic E-state index is -2.26. The van der Waals surface area contributed by atoms with E-state index in [1.807, 2.05) is 121 Å². The summed E-state index contributed by atoms with van der Waals surface area (Å²) in [5, 5.41) is 58.9. The Morgan fingerprint density at radius 3 is 1.54 bits per heavy atom. The number of rotatable bonds is 16. The summed E-state index contributed by atoms with van der Waals surface area (Å²) in [6.07, 6.45) is -6.42. The normalized spacial score (nSPS) is 29.5. The van der Waals surface area contributed by atoms with Gasteiger partial charge in [0.15, 0.2) is 5.11 Å². The second-order valence-corrected chi connectivity index (χ2v) is 14.5. The van der Waals surface area contributed by atoms with Crippen LogP contribution in [0.25, 0.3) is 0 Å². The first-order valence-corrected chi connectivity index (χ1v) is 18.7. The Morgan fingerprint density at radius 1 is 0.611 bits per heavy atom. The summed E-state index contributed by atoms with van der Waals surface area (Å²) >= 11 is 5.75. The van der Waals surface area contributed by atoms with E-state index in [2.05, 4.69) is 10.6 Å². The van der Waals surface area contributed by atoms with E-state index in [1.165, 1.54) is 0 Å². The topological polar surface area (TPSA) is 162 Å². The highest BCUT2D eigenvalue weighted by atomic mass is 32.1. The van der Waals surface area contributed by atoms with Gasteiger partial charge in [-0.25, -0.2) is 0 Å². The van der Waals surface area contributed by atoms with Gasteiger partial charge >= 0.3 is 0 Å². The molecule has 4 aromatic rings. The van der Waals surface area contributed by atoms with Gasteiger partial charge in [-0.15, -0.1) is 0 Å². The zero-order valence-electron chi connectivity index (χ0n) is 30.0. The van der Waals surface area contributed by atoms with Crippen LogP contribution in [0.4, 0.5) is 0 Å². The average Bonchev–Trinajstić information content (AvgIpc) is 3.36. The molecule has 6 rings (SSSR count). The molecule has 12 heteroatoms. The fourth-order valence-corrected chi connectivity index (χ4v) is 7.61. The fraction of sp³-hybridized carbons (Fsp3) is 0.405. The van der Waals surface area contributed by atoms with Gasteiger partial charge in [-0.05, 0) is 40.9 Å². The van der Waals surface area contributed by atoms with E-state index >= 15 is 0 Å². The van der Waals surface area contributed by atoms with Crippen LogP contribution in [0.15, 0.2) is 121 Å². The smallest absolute Gasteiger partial charge is 0.167 e. The SMILES string of the molecule is OC[C@]1(O)[C@H](NC(=S)N[C@H]2C[C@H](COCc3ccccc3)[C@@H](OCc3ccccc3)[C@H](OCc3ccccc3)[C@H]2OCc2ccccc2)[C@H](O)[C@@H](O)[C@@H]1O. The molecule has 288 valence electrons. The van der Waals surface area contributed by atoms with Crippen molar-refractivity contribution in [3.05, 3.63) is 144 Å². The quantitative estimate of drug-likeness (QED) is 0.0839. The molecule has 0 aromatic heterocycles. The van der Waals surface area contributed by atoms with E-state index < -0.39 is 60.9 Å². The van der Waals surface area contributed by atoms with Crippen LogP contribution in [0.2, 0.25) is 0 Å². The number of thiocarbonyl (C=S) groups is 1. The lowest BCUT2D eigenvalue weighted by molar-refractivity contribution is -0.201. The summed E-state index contributed by atoms with van der Waals surface area (Å²) in [6, 6.07) is 37.6. The Bertz CT molecular complexity index is 1710. The third-order valence-corrected chi connectivity index (χ3v) is 10.5. The number of ether oxygens (including phenoxy) is 4. The second-order valence-electron chi connectivity index (χ2n) is 14.1. The number of aliphatic hydroxyl groups is 5. The summed E-state index contributed by atoms with van der Waals surface area (Å²) in [7, 11) is 0. The molecule has 4 aromatic carbocycles. The molecule has 2 fully saturated rings. The number of nitrogens with one attached hydrogen (secondary N) is 2. The van der Waals surface area contributed by atoms with Gasteiger partial charge in [-0.1, -0.05) is 121 Å². The van der Waals surface area contributed by atoms with Crippen molar-refractivity contribution < 1.29 is 44.5 Å². The van der Waals surface area contributed by atoms with Crippen LogP contribution in [0.1, 0.15) is 28.7 Å². The first-order chi connectivity index (χ1) is 26.3. The molecule has 54 heavy (non-hydrogen) atoms. The van der Waals surface area contributed by atoms with E-state index in [1.54, 1.807) is 0 Å². The molecule has 0 spiro atoms. The molecular formula is C42H50N2O9S. The van der Waals surface area contributed by atoms with Gasteiger partial charge in [0.25, 0.3) is 0 Å². The number of hydrogen-bond donors (Lipinski definition) is 7. The molecule has 0 bridgehead atoms. The van der Waals surface area contributed by atoms with Gasteiger partial charge in [-0.2, -0.15) is 0 Å². The van der Waals surface area contributed by atoms with Crippen LogP contribution < -0.4 is 10.6 Å². The van der Waals surface area contributed by atoms with E-state index in [9.17, 15) is 25.5 Å². The zero-order chi connectivity index (χ0) is 37.9. The largest absolute Gasteiger partial charge is 0.393 e. The van der Waals surface area contributed by atoms with Crippen LogP contribution in [0, 0.1) is 5.92 Å².